The fourth-order valence-corrected chi connectivity index (χ4v) is 4.30. The van der Waals surface area contributed by atoms with Gasteiger partial charge in [-0.3, -0.25) is 4.79 Å². The molecule has 0 aliphatic rings. The minimum absolute atomic E-state index is 0.0375. The molecule has 5 N–H and O–H groups in total. The van der Waals surface area contributed by atoms with E-state index >= 15 is 0 Å². The van der Waals surface area contributed by atoms with Crippen molar-refractivity contribution < 1.29 is 13.6 Å². The number of aromatic amines is 1. The first-order chi connectivity index (χ1) is 19.2. The molecule has 0 spiro atoms. The molecule has 3 aromatic heterocycles. The fraction of sp³-hybridized carbons (Fsp3) is 0.138. The summed E-state index contributed by atoms with van der Waals surface area (Å²) in [5, 5.41) is 15.9. The van der Waals surface area contributed by atoms with Gasteiger partial charge >= 0.3 is 0 Å². The van der Waals surface area contributed by atoms with Crippen LogP contribution in [0.1, 0.15) is 46.0 Å². The number of carbonyl (C=O) groups is 1. The maximum absolute atomic E-state index is 13.7. The van der Waals surface area contributed by atoms with Crippen LogP contribution in [0.4, 0.5) is 20.3 Å². The number of hydrogen-bond acceptors (Lipinski definition) is 7. The summed E-state index contributed by atoms with van der Waals surface area (Å²) in [5.41, 5.74) is 11.4. The van der Waals surface area contributed by atoms with Gasteiger partial charge in [0.2, 0.25) is 0 Å². The zero-order valence-electron chi connectivity index (χ0n) is 21.6. The molecule has 1 atom stereocenters. The SMILES string of the molecule is Cc1nc2[nH]cc(N)c2cc1-c1ccc(CNc2ncc(C#N)nc2C(=O)N[C@@H](C)c2ccc(F)c(F)c2)cc1. The summed E-state index contributed by atoms with van der Waals surface area (Å²) in [6.45, 7) is 3.88. The van der Waals surface area contributed by atoms with Gasteiger partial charge in [0.05, 0.1) is 17.9 Å². The Morgan fingerprint density at radius 3 is 2.62 bits per heavy atom. The molecule has 0 bridgehead atoms. The Bertz CT molecular complexity index is 1780. The summed E-state index contributed by atoms with van der Waals surface area (Å²) in [7, 11) is 0. The molecule has 0 aliphatic heterocycles. The predicted octanol–water partition coefficient (Wildman–Crippen LogP) is 5.16. The number of nitrogen functional groups attached to an aromatic ring is 1. The van der Waals surface area contributed by atoms with Crippen molar-refractivity contribution in [3.05, 3.63) is 101 Å². The number of nitrogens with one attached hydrogen (secondary N) is 3. The molecule has 0 saturated carbocycles. The summed E-state index contributed by atoms with van der Waals surface area (Å²) >= 11 is 0. The molecule has 0 aliphatic carbocycles. The third kappa shape index (κ3) is 5.28. The van der Waals surface area contributed by atoms with Crippen molar-refractivity contribution in [1.82, 2.24) is 25.3 Å². The third-order valence-electron chi connectivity index (χ3n) is 6.51. The quantitative estimate of drug-likeness (QED) is 0.224. The van der Waals surface area contributed by atoms with Gasteiger partial charge in [0.15, 0.2) is 28.8 Å². The molecular formula is C29H24F2N8O. The molecule has 40 heavy (non-hydrogen) atoms. The van der Waals surface area contributed by atoms with Crippen molar-refractivity contribution in [2.75, 3.05) is 11.1 Å². The molecule has 5 rings (SSSR count). The molecule has 2 aromatic carbocycles. The van der Waals surface area contributed by atoms with E-state index < -0.39 is 23.6 Å². The Morgan fingerprint density at radius 2 is 1.90 bits per heavy atom. The van der Waals surface area contributed by atoms with E-state index in [9.17, 15) is 18.8 Å². The zero-order valence-corrected chi connectivity index (χ0v) is 21.6. The summed E-state index contributed by atoms with van der Waals surface area (Å²) in [6, 6.07) is 14.4. The number of fused-ring (bicyclic) bond motifs is 1. The molecule has 3 heterocycles. The number of hydrogen-bond donors (Lipinski definition) is 4. The number of rotatable bonds is 7. The van der Waals surface area contributed by atoms with Crippen LogP contribution in [0.15, 0.2) is 60.9 Å². The second-order valence-corrected chi connectivity index (χ2v) is 9.24. The number of nitriles is 1. The van der Waals surface area contributed by atoms with Crippen molar-refractivity contribution in [1.29, 1.82) is 5.26 Å². The second kappa shape index (κ2) is 10.8. The van der Waals surface area contributed by atoms with Crippen LogP contribution in [0.2, 0.25) is 0 Å². The van der Waals surface area contributed by atoms with Gasteiger partial charge in [-0.2, -0.15) is 5.26 Å². The fourth-order valence-electron chi connectivity index (χ4n) is 4.30. The molecule has 0 saturated heterocycles. The van der Waals surface area contributed by atoms with E-state index in [4.69, 9.17) is 5.73 Å². The van der Waals surface area contributed by atoms with Gasteiger partial charge in [0.1, 0.15) is 11.7 Å². The second-order valence-electron chi connectivity index (χ2n) is 9.24. The standard InChI is InChI=1S/C29H24F2N8O/c1-15(19-7-8-23(30)24(31)9-19)38-29(40)26-28(35-13-20(11-32)39-26)34-12-17-3-5-18(6-4-17)21-10-22-25(33)14-36-27(22)37-16(21)2/h3-10,13-15H,12,33H2,1-2H3,(H,34,35)(H,36,37)(H,38,40)/t15-/m0/s1. The number of benzene rings is 2. The summed E-state index contributed by atoms with van der Waals surface area (Å²) in [4.78, 5) is 29.1. The molecular weight excluding hydrogens is 514 g/mol. The smallest absolute Gasteiger partial charge is 0.274 e. The van der Waals surface area contributed by atoms with Gasteiger partial charge < -0.3 is 21.4 Å². The van der Waals surface area contributed by atoms with Gasteiger partial charge in [0.25, 0.3) is 5.91 Å². The number of anilines is 2. The average Bonchev–Trinajstić information content (AvgIpc) is 3.31. The van der Waals surface area contributed by atoms with Crippen LogP contribution in [-0.4, -0.2) is 25.8 Å². The highest BCUT2D eigenvalue weighted by Gasteiger charge is 2.20. The minimum Gasteiger partial charge on any atom is -0.397 e. The van der Waals surface area contributed by atoms with Gasteiger partial charge in [-0.05, 0) is 48.7 Å². The summed E-state index contributed by atoms with van der Waals surface area (Å²) < 4.78 is 27.0. The van der Waals surface area contributed by atoms with E-state index in [1.165, 1.54) is 12.3 Å². The van der Waals surface area contributed by atoms with E-state index in [0.29, 0.717) is 17.8 Å². The molecule has 0 unspecified atom stereocenters. The number of nitrogens with zero attached hydrogens (tertiary/aromatic N) is 4. The van der Waals surface area contributed by atoms with E-state index in [1.54, 1.807) is 13.1 Å². The normalized spacial score (nSPS) is 11.7. The molecule has 0 fully saturated rings. The van der Waals surface area contributed by atoms with Crippen LogP contribution in [0.25, 0.3) is 22.2 Å². The lowest BCUT2D eigenvalue weighted by Crippen LogP contribution is -2.29. The van der Waals surface area contributed by atoms with Crippen LogP contribution in [0.5, 0.6) is 0 Å². The maximum Gasteiger partial charge on any atom is 0.274 e. The number of aryl methyl sites for hydroxylation is 1. The van der Waals surface area contributed by atoms with Crippen LogP contribution in [0.3, 0.4) is 0 Å². The summed E-state index contributed by atoms with van der Waals surface area (Å²) in [5.74, 6) is -2.44. The molecule has 200 valence electrons. The van der Waals surface area contributed by atoms with Crippen LogP contribution < -0.4 is 16.4 Å². The largest absolute Gasteiger partial charge is 0.397 e. The number of nitrogens with two attached hydrogens (primary N) is 1. The van der Waals surface area contributed by atoms with Gasteiger partial charge in [-0.25, -0.2) is 23.7 Å². The highest BCUT2D eigenvalue weighted by atomic mass is 19.2. The number of pyridine rings is 1. The third-order valence-corrected chi connectivity index (χ3v) is 6.51. The Labute approximate surface area is 228 Å². The van der Waals surface area contributed by atoms with Crippen LogP contribution in [0, 0.1) is 29.9 Å². The van der Waals surface area contributed by atoms with Crippen molar-refractivity contribution in [3.8, 4) is 17.2 Å². The zero-order chi connectivity index (χ0) is 28.4. The van der Waals surface area contributed by atoms with Gasteiger partial charge in [-0.1, -0.05) is 30.3 Å². The monoisotopic (exact) mass is 538 g/mol. The first-order valence-corrected chi connectivity index (χ1v) is 12.3. The van der Waals surface area contributed by atoms with Crippen LogP contribution in [-0.2, 0) is 6.54 Å². The molecule has 1 amide bonds. The van der Waals surface area contributed by atoms with Crippen molar-refractivity contribution in [2.24, 2.45) is 0 Å². The Kier molecular flexibility index (Phi) is 7.07. The first kappa shape index (κ1) is 26.2. The highest BCUT2D eigenvalue weighted by molar-refractivity contribution is 5.97. The average molecular weight is 539 g/mol. The Hall–Kier alpha value is -5.37. The first-order valence-electron chi connectivity index (χ1n) is 12.3. The lowest BCUT2D eigenvalue weighted by Gasteiger charge is -2.16. The highest BCUT2D eigenvalue weighted by Crippen LogP contribution is 2.29. The van der Waals surface area contributed by atoms with Gasteiger partial charge in [0, 0.05) is 29.4 Å². The number of halogens is 2. The van der Waals surface area contributed by atoms with E-state index in [-0.39, 0.29) is 17.2 Å². The van der Waals surface area contributed by atoms with E-state index in [0.717, 1.165) is 45.6 Å². The Morgan fingerprint density at radius 1 is 1.12 bits per heavy atom. The number of aromatic nitrogens is 4. The topological polar surface area (TPSA) is 145 Å². The predicted molar refractivity (Wildman–Crippen MR) is 147 cm³/mol. The van der Waals surface area contributed by atoms with Crippen molar-refractivity contribution >= 4 is 28.4 Å². The molecule has 5 aromatic rings. The van der Waals surface area contributed by atoms with Crippen molar-refractivity contribution in [2.45, 2.75) is 26.4 Å². The molecule has 11 heteroatoms. The number of H-pyrrole nitrogens is 1. The molecule has 0 radical (unpaired) electrons. The Balaban J connectivity index is 1.32. The van der Waals surface area contributed by atoms with E-state index in [1.807, 2.05) is 43.3 Å². The minimum atomic E-state index is -1.01. The maximum atomic E-state index is 13.7. The lowest BCUT2D eigenvalue weighted by molar-refractivity contribution is 0.0935. The lowest BCUT2D eigenvalue weighted by atomic mass is 10.0. The van der Waals surface area contributed by atoms with Crippen molar-refractivity contribution in [3.63, 3.8) is 0 Å². The summed E-state index contributed by atoms with van der Waals surface area (Å²) in [6.07, 6.45) is 2.99. The van der Waals surface area contributed by atoms with Crippen LogP contribution >= 0.6 is 0 Å². The van der Waals surface area contributed by atoms with Gasteiger partial charge in [-0.15, -0.1) is 0 Å². The van der Waals surface area contributed by atoms with E-state index in [2.05, 4.69) is 30.6 Å². The molecule has 9 nitrogen and oxygen atoms in total. The number of carbonyl (C=O) groups excluding carboxylic acids is 1. The number of amides is 1.